The lowest BCUT2D eigenvalue weighted by atomic mass is 10.2. The number of H-pyrrole nitrogens is 1. The second kappa shape index (κ2) is 3.05. The molecule has 1 saturated carbocycles. The molecule has 2 N–H and O–H groups in total. The number of rotatable bonds is 1. The number of hydrogen-bond donors (Lipinski definition) is 2. The third kappa shape index (κ3) is 1.27. The molecule has 4 atom stereocenters. The Morgan fingerprint density at radius 1 is 1.56 bits per heavy atom. The average molecular weight is 224 g/mol. The molecule has 1 aromatic rings. The average Bonchev–Trinajstić information content (AvgIpc) is 2.69. The lowest BCUT2D eigenvalue weighted by Crippen LogP contribution is -2.34. The van der Waals surface area contributed by atoms with Gasteiger partial charge in [-0.15, -0.1) is 0 Å². The Hall–Kier alpha value is -1.40. The smallest absolute Gasteiger partial charge is 0.330 e. The monoisotopic (exact) mass is 224 g/mol. The van der Waals surface area contributed by atoms with Gasteiger partial charge in [0.1, 0.15) is 6.23 Å². The molecule has 1 aromatic heterocycles. The van der Waals surface area contributed by atoms with Gasteiger partial charge in [0.2, 0.25) is 0 Å². The molecule has 1 aliphatic carbocycles. The van der Waals surface area contributed by atoms with Crippen LogP contribution in [0.15, 0.2) is 15.8 Å². The molecule has 0 aromatic carbocycles. The number of aromatic amines is 1. The molecule has 6 nitrogen and oxygen atoms in total. The van der Waals surface area contributed by atoms with Crippen LogP contribution in [0.5, 0.6) is 0 Å². The summed E-state index contributed by atoms with van der Waals surface area (Å²) in [7, 11) is 0. The fourth-order valence-corrected chi connectivity index (χ4v) is 2.23. The Bertz CT molecular complexity index is 534. The molecule has 86 valence electrons. The third-order valence-electron chi connectivity index (χ3n) is 3.30. The Kier molecular flexibility index (Phi) is 1.87. The molecular formula is C10H12N2O4. The topological polar surface area (TPSA) is 84.3 Å². The highest BCUT2D eigenvalue weighted by Gasteiger charge is 2.57. The van der Waals surface area contributed by atoms with E-state index in [0.29, 0.717) is 12.0 Å². The summed E-state index contributed by atoms with van der Waals surface area (Å²) in [6.45, 7) is 1.64. The van der Waals surface area contributed by atoms with Crippen LogP contribution in [0.4, 0.5) is 0 Å². The first kappa shape index (κ1) is 9.80. The van der Waals surface area contributed by atoms with Crippen molar-refractivity contribution in [1.82, 2.24) is 9.55 Å². The number of nitrogens with one attached hydrogen (secondary N) is 1. The Morgan fingerprint density at radius 2 is 2.31 bits per heavy atom. The summed E-state index contributed by atoms with van der Waals surface area (Å²) in [5, 5.41) is 9.31. The summed E-state index contributed by atoms with van der Waals surface area (Å²) in [4.78, 5) is 25.0. The van der Waals surface area contributed by atoms with E-state index < -0.39 is 5.69 Å². The van der Waals surface area contributed by atoms with Crippen molar-refractivity contribution in [2.45, 2.75) is 31.8 Å². The fraction of sp³-hybridized carbons (Fsp3) is 0.600. The van der Waals surface area contributed by atoms with E-state index in [1.54, 1.807) is 6.92 Å². The van der Waals surface area contributed by atoms with Gasteiger partial charge in [-0.05, 0) is 6.92 Å². The maximum Gasteiger partial charge on any atom is 0.330 e. The van der Waals surface area contributed by atoms with Crippen LogP contribution in [-0.2, 0) is 4.74 Å². The normalized spacial score (nSPS) is 36.1. The zero-order valence-corrected chi connectivity index (χ0v) is 8.71. The number of aliphatic hydroxyl groups excluding tert-OH is 1. The van der Waals surface area contributed by atoms with E-state index in [0.717, 1.165) is 0 Å². The van der Waals surface area contributed by atoms with E-state index >= 15 is 0 Å². The number of nitrogens with zero attached hydrogens (tertiary/aromatic N) is 1. The number of fused-ring (bicyclic) bond motifs is 1. The first-order chi connectivity index (χ1) is 7.58. The van der Waals surface area contributed by atoms with Crippen LogP contribution < -0.4 is 11.2 Å². The Balaban J connectivity index is 1.94. The van der Waals surface area contributed by atoms with Crippen LogP contribution in [-0.4, -0.2) is 26.9 Å². The zero-order chi connectivity index (χ0) is 11.4. The standard InChI is InChI=1S/C10H12N2O4/c1-4-3-12(10(15)11-9(4)14)6-2-5-7(13)8(5)16-6/h3,5-8,13H,2H2,1H3,(H,11,14,15)/t5?,6-,7?,8+/m1/s1. The summed E-state index contributed by atoms with van der Waals surface area (Å²) in [6.07, 6.45) is 1.25. The molecule has 2 aliphatic rings. The maximum absolute atomic E-state index is 11.5. The lowest BCUT2D eigenvalue weighted by molar-refractivity contribution is -0.0115. The molecular weight excluding hydrogens is 212 g/mol. The van der Waals surface area contributed by atoms with Gasteiger partial charge in [-0.1, -0.05) is 0 Å². The van der Waals surface area contributed by atoms with Crippen molar-refractivity contribution in [3.05, 3.63) is 32.6 Å². The van der Waals surface area contributed by atoms with Gasteiger partial charge < -0.3 is 9.84 Å². The van der Waals surface area contributed by atoms with Crippen molar-refractivity contribution in [2.75, 3.05) is 0 Å². The molecule has 2 unspecified atom stereocenters. The van der Waals surface area contributed by atoms with Crippen molar-refractivity contribution >= 4 is 0 Å². The second-order valence-electron chi connectivity index (χ2n) is 4.42. The van der Waals surface area contributed by atoms with E-state index in [9.17, 15) is 14.7 Å². The van der Waals surface area contributed by atoms with Crippen LogP contribution >= 0.6 is 0 Å². The minimum Gasteiger partial charge on any atom is -0.390 e. The minimum absolute atomic E-state index is 0.135. The summed E-state index contributed by atoms with van der Waals surface area (Å²) in [5.74, 6) is 0.143. The number of aryl methyl sites for hydroxylation is 1. The lowest BCUT2D eigenvalue weighted by Gasteiger charge is -2.16. The van der Waals surface area contributed by atoms with Crippen molar-refractivity contribution in [2.24, 2.45) is 5.92 Å². The zero-order valence-electron chi connectivity index (χ0n) is 8.71. The molecule has 3 rings (SSSR count). The number of aliphatic hydroxyl groups is 1. The molecule has 1 saturated heterocycles. The van der Waals surface area contributed by atoms with Crippen molar-refractivity contribution in [3.63, 3.8) is 0 Å². The van der Waals surface area contributed by atoms with Crippen molar-refractivity contribution < 1.29 is 9.84 Å². The summed E-state index contributed by atoms with van der Waals surface area (Å²) in [6, 6.07) is 0. The third-order valence-corrected chi connectivity index (χ3v) is 3.30. The van der Waals surface area contributed by atoms with E-state index in [2.05, 4.69) is 4.98 Å². The number of ether oxygens (including phenoxy) is 1. The molecule has 0 radical (unpaired) electrons. The van der Waals surface area contributed by atoms with Crippen LogP contribution in [0.2, 0.25) is 0 Å². The maximum atomic E-state index is 11.5. The first-order valence-electron chi connectivity index (χ1n) is 5.23. The molecule has 1 aliphatic heterocycles. The highest BCUT2D eigenvalue weighted by atomic mass is 16.5. The molecule has 2 fully saturated rings. The number of aromatic nitrogens is 2. The van der Waals surface area contributed by atoms with Gasteiger partial charge >= 0.3 is 5.69 Å². The molecule has 2 heterocycles. The van der Waals surface area contributed by atoms with E-state index in [1.165, 1.54) is 10.8 Å². The van der Waals surface area contributed by atoms with Crippen molar-refractivity contribution in [3.8, 4) is 0 Å². The highest BCUT2D eigenvalue weighted by Crippen LogP contribution is 2.49. The van der Waals surface area contributed by atoms with E-state index in [4.69, 9.17) is 4.74 Å². The summed E-state index contributed by atoms with van der Waals surface area (Å²) < 4.78 is 6.88. The number of hydrogen-bond acceptors (Lipinski definition) is 4. The van der Waals surface area contributed by atoms with Crippen molar-refractivity contribution in [1.29, 1.82) is 0 Å². The van der Waals surface area contributed by atoms with E-state index in [-0.39, 0.29) is 29.9 Å². The van der Waals surface area contributed by atoms with Gasteiger partial charge in [0, 0.05) is 24.1 Å². The summed E-state index contributed by atoms with van der Waals surface area (Å²) in [5.41, 5.74) is -0.356. The van der Waals surface area contributed by atoms with Gasteiger partial charge in [-0.2, -0.15) is 0 Å². The molecule has 6 heteroatoms. The van der Waals surface area contributed by atoms with Crippen LogP contribution in [0.25, 0.3) is 0 Å². The van der Waals surface area contributed by atoms with Gasteiger partial charge in [0.05, 0.1) is 12.2 Å². The van der Waals surface area contributed by atoms with Crippen LogP contribution in [0.3, 0.4) is 0 Å². The first-order valence-corrected chi connectivity index (χ1v) is 5.23. The molecule has 0 spiro atoms. The second-order valence-corrected chi connectivity index (χ2v) is 4.42. The Labute approximate surface area is 90.5 Å². The van der Waals surface area contributed by atoms with E-state index in [1.807, 2.05) is 0 Å². The van der Waals surface area contributed by atoms with Crippen LogP contribution in [0.1, 0.15) is 18.2 Å². The van der Waals surface area contributed by atoms with Gasteiger partial charge in [-0.3, -0.25) is 14.3 Å². The molecule has 0 amide bonds. The van der Waals surface area contributed by atoms with Gasteiger partial charge in [-0.25, -0.2) is 4.79 Å². The molecule has 0 bridgehead atoms. The predicted octanol–water partition coefficient (Wildman–Crippen LogP) is -0.877. The van der Waals surface area contributed by atoms with Gasteiger partial charge in [0.25, 0.3) is 5.56 Å². The highest BCUT2D eigenvalue weighted by molar-refractivity contribution is 5.07. The van der Waals surface area contributed by atoms with Gasteiger partial charge in [0.15, 0.2) is 0 Å². The quantitative estimate of drug-likeness (QED) is 0.649. The Morgan fingerprint density at radius 3 is 2.94 bits per heavy atom. The minimum atomic E-state index is -0.462. The fourth-order valence-electron chi connectivity index (χ4n) is 2.23. The largest absolute Gasteiger partial charge is 0.390 e. The SMILES string of the molecule is Cc1cn([C@H]2CC3C(O)[C@H]3O2)c(=O)[nH]c1=O. The summed E-state index contributed by atoms with van der Waals surface area (Å²) >= 11 is 0. The predicted molar refractivity (Wildman–Crippen MR) is 54.1 cm³/mol. The van der Waals surface area contributed by atoms with Crippen LogP contribution in [0, 0.1) is 12.8 Å². The molecule has 16 heavy (non-hydrogen) atoms.